The summed E-state index contributed by atoms with van der Waals surface area (Å²) in [6.45, 7) is 5.55. The van der Waals surface area contributed by atoms with Crippen LogP contribution in [-0.2, 0) is 4.79 Å². The van der Waals surface area contributed by atoms with Crippen LogP contribution >= 0.6 is 0 Å². The summed E-state index contributed by atoms with van der Waals surface area (Å²) in [6, 6.07) is -0.0324. The Morgan fingerprint density at radius 3 is 2.12 bits per heavy atom. The van der Waals surface area contributed by atoms with E-state index in [4.69, 9.17) is 0 Å². The minimum atomic E-state index is -0.0324. The van der Waals surface area contributed by atoms with E-state index in [1.165, 1.54) is 0 Å². The Bertz CT molecular complexity index is 273. The van der Waals surface area contributed by atoms with Crippen molar-refractivity contribution in [3.05, 3.63) is 0 Å². The number of nitrogens with zero attached hydrogens (tertiary/aromatic N) is 3. The Morgan fingerprint density at radius 1 is 1.12 bits per heavy atom. The van der Waals surface area contributed by atoms with Gasteiger partial charge in [0, 0.05) is 46.2 Å². The molecule has 98 valence electrons. The number of hydrogen-bond donors (Lipinski definition) is 1. The molecule has 17 heavy (non-hydrogen) atoms. The quantitative estimate of drug-likeness (QED) is 0.720. The van der Waals surface area contributed by atoms with Gasteiger partial charge in [0.1, 0.15) is 0 Å². The maximum Gasteiger partial charge on any atom is 0.317 e. The lowest BCUT2D eigenvalue weighted by molar-refractivity contribution is -0.130. The van der Waals surface area contributed by atoms with Gasteiger partial charge in [-0.1, -0.05) is 0 Å². The topological polar surface area (TPSA) is 55.9 Å². The average Bonchev–Trinajstić information content (AvgIpc) is 2.28. The van der Waals surface area contributed by atoms with Crippen LogP contribution in [0.2, 0.25) is 0 Å². The van der Waals surface area contributed by atoms with E-state index in [0.717, 1.165) is 6.54 Å². The minimum Gasteiger partial charge on any atom is -0.339 e. The van der Waals surface area contributed by atoms with Crippen molar-refractivity contribution in [1.29, 1.82) is 0 Å². The third kappa shape index (κ3) is 4.60. The molecule has 0 aromatic heterocycles. The fourth-order valence-corrected chi connectivity index (χ4v) is 1.72. The van der Waals surface area contributed by atoms with Crippen molar-refractivity contribution in [3.8, 4) is 0 Å². The smallest absolute Gasteiger partial charge is 0.317 e. The van der Waals surface area contributed by atoms with Gasteiger partial charge in [-0.05, 0) is 14.1 Å². The van der Waals surface area contributed by atoms with Gasteiger partial charge in [-0.25, -0.2) is 4.79 Å². The van der Waals surface area contributed by atoms with Crippen LogP contribution in [0, 0.1) is 0 Å². The molecule has 0 aliphatic carbocycles. The Morgan fingerprint density at radius 2 is 1.65 bits per heavy atom. The summed E-state index contributed by atoms with van der Waals surface area (Å²) in [7, 11) is 3.94. The van der Waals surface area contributed by atoms with E-state index >= 15 is 0 Å². The van der Waals surface area contributed by atoms with Gasteiger partial charge in [0.25, 0.3) is 0 Å². The normalized spacial score (nSPS) is 16.2. The summed E-state index contributed by atoms with van der Waals surface area (Å²) in [5.41, 5.74) is 0. The van der Waals surface area contributed by atoms with E-state index in [0.29, 0.717) is 32.7 Å². The SMILES string of the molecule is CC(=O)N1CCN(C(=O)NCCN(C)C)CC1. The molecule has 1 N–H and O–H groups in total. The van der Waals surface area contributed by atoms with Gasteiger partial charge in [-0.3, -0.25) is 4.79 Å². The maximum absolute atomic E-state index is 11.7. The molecule has 1 aliphatic rings. The highest BCUT2D eigenvalue weighted by Crippen LogP contribution is 2.01. The molecule has 1 fully saturated rings. The lowest BCUT2D eigenvalue weighted by Gasteiger charge is -2.34. The second kappa shape index (κ2) is 6.44. The summed E-state index contributed by atoms with van der Waals surface area (Å²) in [5.74, 6) is 0.0812. The third-order valence-electron chi connectivity index (χ3n) is 2.85. The van der Waals surface area contributed by atoms with E-state index in [1.54, 1.807) is 16.7 Å². The van der Waals surface area contributed by atoms with Crippen molar-refractivity contribution in [3.63, 3.8) is 0 Å². The molecule has 0 aromatic rings. The Hall–Kier alpha value is -1.30. The predicted octanol–water partition coefficient (Wildman–Crippen LogP) is -0.578. The van der Waals surface area contributed by atoms with Gasteiger partial charge in [0.05, 0.1) is 0 Å². The Kier molecular flexibility index (Phi) is 5.21. The fourth-order valence-electron chi connectivity index (χ4n) is 1.72. The van der Waals surface area contributed by atoms with Crippen LogP contribution in [0.1, 0.15) is 6.92 Å². The van der Waals surface area contributed by atoms with Crippen LogP contribution < -0.4 is 5.32 Å². The summed E-state index contributed by atoms with van der Waals surface area (Å²) in [5, 5.41) is 2.87. The molecule has 0 saturated carbocycles. The highest BCUT2D eigenvalue weighted by molar-refractivity contribution is 5.76. The van der Waals surface area contributed by atoms with Crippen LogP contribution in [0.15, 0.2) is 0 Å². The monoisotopic (exact) mass is 242 g/mol. The minimum absolute atomic E-state index is 0.0324. The molecule has 0 aromatic carbocycles. The maximum atomic E-state index is 11.7. The second-order valence-electron chi connectivity index (χ2n) is 4.53. The van der Waals surface area contributed by atoms with Gasteiger partial charge in [0.15, 0.2) is 0 Å². The molecule has 1 saturated heterocycles. The number of carbonyl (C=O) groups is 2. The van der Waals surface area contributed by atoms with Crippen molar-refractivity contribution in [1.82, 2.24) is 20.0 Å². The highest BCUT2D eigenvalue weighted by atomic mass is 16.2. The number of carbonyl (C=O) groups excluding carboxylic acids is 2. The molecule has 0 atom stereocenters. The molecule has 1 rings (SSSR count). The van der Waals surface area contributed by atoms with Gasteiger partial charge < -0.3 is 20.0 Å². The van der Waals surface area contributed by atoms with E-state index in [1.807, 2.05) is 19.0 Å². The predicted molar refractivity (Wildman–Crippen MR) is 65.8 cm³/mol. The van der Waals surface area contributed by atoms with Gasteiger partial charge in [-0.15, -0.1) is 0 Å². The number of urea groups is 1. The number of likely N-dealkylation sites (N-methyl/N-ethyl adjacent to an activating group) is 1. The fraction of sp³-hybridized carbons (Fsp3) is 0.818. The lowest BCUT2D eigenvalue weighted by Crippen LogP contribution is -2.53. The molecule has 3 amide bonds. The Labute approximate surface area is 103 Å². The lowest BCUT2D eigenvalue weighted by atomic mass is 10.3. The molecule has 0 radical (unpaired) electrons. The molecule has 6 heteroatoms. The number of hydrogen-bond acceptors (Lipinski definition) is 3. The van der Waals surface area contributed by atoms with Crippen molar-refractivity contribution < 1.29 is 9.59 Å². The first-order valence-corrected chi connectivity index (χ1v) is 5.93. The highest BCUT2D eigenvalue weighted by Gasteiger charge is 2.21. The molecular formula is C11H22N4O2. The van der Waals surface area contributed by atoms with Gasteiger partial charge in [0.2, 0.25) is 5.91 Å². The van der Waals surface area contributed by atoms with Gasteiger partial charge in [-0.2, -0.15) is 0 Å². The molecule has 0 spiro atoms. The van der Waals surface area contributed by atoms with Crippen LogP contribution in [0.3, 0.4) is 0 Å². The van der Waals surface area contributed by atoms with Crippen molar-refractivity contribution >= 4 is 11.9 Å². The molecule has 1 aliphatic heterocycles. The summed E-state index contributed by atoms with van der Waals surface area (Å²) >= 11 is 0. The first kappa shape index (κ1) is 13.8. The molecule has 1 heterocycles. The van der Waals surface area contributed by atoms with E-state index in [2.05, 4.69) is 5.32 Å². The first-order valence-electron chi connectivity index (χ1n) is 5.93. The summed E-state index contributed by atoms with van der Waals surface area (Å²) in [6.07, 6.45) is 0. The Balaban J connectivity index is 2.24. The van der Waals surface area contributed by atoms with Crippen LogP contribution in [0.25, 0.3) is 0 Å². The van der Waals surface area contributed by atoms with E-state index < -0.39 is 0 Å². The van der Waals surface area contributed by atoms with Crippen molar-refractivity contribution in [2.24, 2.45) is 0 Å². The molecule has 0 bridgehead atoms. The van der Waals surface area contributed by atoms with Crippen LogP contribution in [0.5, 0.6) is 0 Å². The number of amides is 3. The summed E-state index contributed by atoms with van der Waals surface area (Å²) < 4.78 is 0. The zero-order valence-electron chi connectivity index (χ0n) is 10.9. The molecule has 6 nitrogen and oxygen atoms in total. The van der Waals surface area contributed by atoms with E-state index in [-0.39, 0.29) is 11.9 Å². The molecule has 0 unspecified atom stereocenters. The van der Waals surface area contributed by atoms with Crippen molar-refractivity contribution in [2.45, 2.75) is 6.92 Å². The third-order valence-corrected chi connectivity index (χ3v) is 2.85. The number of rotatable bonds is 3. The largest absolute Gasteiger partial charge is 0.339 e. The van der Waals surface area contributed by atoms with E-state index in [9.17, 15) is 9.59 Å². The van der Waals surface area contributed by atoms with Gasteiger partial charge >= 0.3 is 6.03 Å². The number of nitrogens with one attached hydrogen (secondary N) is 1. The molecular weight excluding hydrogens is 220 g/mol. The first-order chi connectivity index (χ1) is 8.00. The van der Waals surface area contributed by atoms with Crippen LogP contribution in [0.4, 0.5) is 4.79 Å². The standard InChI is InChI=1S/C11H22N4O2/c1-10(16)14-6-8-15(9-7-14)11(17)12-4-5-13(2)3/h4-9H2,1-3H3,(H,12,17). The van der Waals surface area contributed by atoms with Crippen LogP contribution in [-0.4, -0.2) is 80.0 Å². The number of piperazine rings is 1. The average molecular weight is 242 g/mol. The summed E-state index contributed by atoms with van der Waals surface area (Å²) in [4.78, 5) is 28.4. The zero-order chi connectivity index (χ0) is 12.8. The second-order valence-corrected chi connectivity index (χ2v) is 4.53. The zero-order valence-corrected chi connectivity index (χ0v) is 10.9. The van der Waals surface area contributed by atoms with Crippen molar-refractivity contribution in [2.75, 3.05) is 53.4 Å².